The molecule has 0 bridgehead atoms. The summed E-state index contributed by atoms with van der Waals surface area (Å²) in [5.41, 5.74) is 6.07. The molecule has 0 aliphatic rings. The third-order valence-corrected chi connectivity index (χ3v) is 4.16. The van der Waals surface area contributed by atoms with Crippen LogP contribution >= 0.6 is 15.9 Å². The molecular formula is C14H20BrNO2. The van der Waals surface area contributed by atoms with Crippen molar-refractivity contribution >= 4 is 21.9 Å². The van der Waals surface area contributed by atoms with Crippen molar-refractivity contribution in [2.24, 2.45) is 5.73 Å². The molecule has 0 aliphatic heterocycles. The molecule has 18 heavy (non-hydrogen) atoms. The molecule has 0 fully saturated rings. The van der Waals surface area contributed by atoms with Crippen molar-refractivity contribution in [2.75, 3.05) is 0 Å². The van der Waals surface area contributed by atoms with Crippen molar-refractivity contribution in [3.8, 4) is 0 Å². The zero-order chi connectivity index (χ0) is 14.0. The van der Waals surface area contributed by atoms with Gasteiger partial charge in [-0.2, -0.15) is 0 Å². The number of hydrogen-bond acceptors (Lipinski definition) is 2. The van der Waals surface area contributed by atoms with Gasteiger partial charge in [0.15, 0.2) is 0 Å². The van der Waals surface area contributed by atoms with Gasteiger partial charge in [-0.05, 0) is 38.0 Å². The molecule has 1 aromatic carbocycles. The molecule has 1 aromatic rings. The second-order valence-electron chi connectivity index (χ2n) is 5.24. The van der Waals surface area contributed by atoms with Gasteiger partial charge in [-0.3, -0.25) is 4.79 Å². The molecule has 100 valence electrons. The van der Waals surface area contributed by atoms with Gasteiger partial charge < -0.3 is 10.8 Å². The zero-order valence-electron chi connectivity index (χ0n) is 11.0. The summed E-state index contributed by atoms with van der Waals surface area (Å²) in [6, 6.07) is 7.75. The molecule has 0 radical (unpaired) electrons. The topological polar surface area (TPSA) is 63.3 Å². The minimum Gasteiger partial charge on any atom is -0.481 e. The molecule has 1 atom stereocenters. The van der Waals surface area contributed by atoms with Crippen molar-refractivity contribution in [1.82, 2.24) is 0 Å². The van der Waals surface area contributed by atoms with Crippen molar-refractivity contribution < 1.29 is 9.90 Å². The van der Waals surface area contributed by atoms with E-state index in [-0.39, 0.29) is 6.42 Å². The van der Waals surface area contributed by atoms with E-state index in [1.807, 2.05) is 45.0 Å². The third kappa shape index (κ3) is 2.93. The molecule has 0 saturated carbocycles. The summed E-state index contributed by atoms with van der Waals surface area (Å²) >= 11 is 3.43. The second-order valence-corrected chi connectivity index (χ2v) is 6.15. The first kappa shape index (κ1) is 15.2. The van der Waals surface area contributed by atoms with Crippen molar-refractivity contribution in [2.45, 2.75) is 44.6 Å². The number of nitrogens with two attached hydrogens (primary N) is 1. The molecule has 1 rings (SSSR count). The predicted molar refractivity (Wildman–Crippen MR) is 76.6 cm³/mol. The van der Waals surface area contributed by atoms with E-state index in [4.69, 9.17) is 5.73 Å². The molecule has 0 spiro atoms. The number of hydrogen-bond donors (Lipinski definition) is 2. The van der Waals surface area contributed by atoms with Crippen LogP contribution in [0.4, 0.5) is 0 Å². The summed E-state index contributed by atoms with van der Waals surface area (Å²) in [7, 11) is 0. The van der Waals surface area contributed by atoms with Gasteiger partial charge in [0.2, 0.25) is 0 Å². The van der Waals surface area contributed by atoms with Crippen LogP contribution in [0.15, 0.2) is 28.7 Å². The maximum atomic E-state index is 11.2. The second kappa shape index (κ2) is 5.41. The number of benzene rings is 1. The first-order valence-corrected chi connectivity index (χ1v) is 6.79. The van der Waals surface area contributed by atoms with E-state index >= 15 is 0 Å². The Labute approximate surface area is 117 Å². The summed E-state index contributed by atoms with van der Waals surface area (Å²) in [5.74, 6) is -0.824. The van der Waals surface area contributed by atoms with Crippen LogP contribution in [0.2, 0.25) is 0 Å². The number of carbonyl (C=O) groups is 1. The quantitative estimate of drug-likeness (QED) is 0.876. The molecule has 0 aromatic heterocycles. The maximum Gasteiger partial charge on any atom is 0.304 e. The molecule has 3 nitrogen and oxygen atoms in total. The average Bonchev–Trinajstić information content (AvgIpc) is 2.23. The van der Waals surface area contributed by atoms with Gasteiger partial charge in [0.1, 0.15) is 0 Å². The fourth-order valence-corrected chi connectivity index (χ4v) is 2.93. The van der Waals surface area contributed by atoms with Gasteiger partial charge in [-0.25, -0.2) is 0 Å². The Balaban J connectivity index is 3.39. The lowest BCUT2D eigenvalue weighted by molar-refractivity contribution is -0.139. The Hall–Kier alpha value is -0.870. The highest BCUT2D eigenvalue weighted by Gasteiger charge is 2.44. The van der Waals surface area contributed by atoms with Crippen LogP contribution in [-0.2, 0) is 10.2 Å². The predicted octanol–water partition coefficient (Wildman–Crippen LogP) is 3.31. The Morgan fingerprint density at radius 2 is 2.06 bits per heavy atom. The number of aliphatic carboxylic acids is 1. The average molecular weight is 314 g/mol. The fraction of sp³-hybridized carbons (Fsp3) is 0.500. The zero-order valence-corrected chi connectivity index (χ0v) is 12.6. The molecular weight excluding hydrogens is 294 g/mol. The number of carboxylic acids is 1. The first-order valence-electron chi connectivity index (χ1n) is 5.99. The number of halogens is 1. The lowest BCUT2D eigenvalue weighted by Gasteiger charge is -2.44. The lowest BCUT2D eigenvalue weighted by atomic mass is 9.63. The summed E-state index contributed by atoms with van der Waals surface area (Å²) < 4.78 is 0.937. The minimum atomic E-state index is -0.824. The van der Waals surface area contributed by atoms with E-state index in [0.717, 1.165) is 10.0 Å². The van der Waals surface area contributed by atoms with Gasteiger partial charge in [-0.1, -0.05) is 35.0 Å². The van der Waals surface area contributed by atoms with E-state index in [1.165, 1.54) is 0 Å². The van der Waals surface area contributed by atoms with Gasteiger partial charge in [-0.15, -0.1) is 0 Å². The SMILES string of the molecule is CCC(CC(=O)O)(c1cccc(Br)c1)C(C)(C)N. The van der Waals surface area contributed by atoms with Gasteiger partial charge in [0, 0.05) is 15.4 Å². The Morgan fingerprint density at radius 3 is 2.44 bits per heavy atom. The number of carboxylic acid groups (broad SMARTS) is 1. The molecule has 0 amide bonds. The Bertz CT molecular complexity index is 440. The van der Waals surface area contributed by atoms with Crippen LogP contribution in [0.3, 0.4) is 0 Å². The molecule has 4 heteroatoms. The summed E-state index contributed by atoms with van der Waals surface area (Å²) in [4.78, 5) is 11.2. The standard InChI is InChI=1S/C14H20BrNO2/c1-4-14(9-12(17)18,13(2,3)16)10-6-5-7-11(15)8-10/h5-8H,4,9,16H2,1-3H3,(H,17,18). The highest BCUT2D eigenvalue weighted by Crippen LogP contribution is 2.41. The first-order chi connectivity index (χ1) is 8.23. The normalized spacial score (nSPS) is 15.2. The molecule has 0 aliphatic carbocycles. The third-order valence-electron chi connectivity index (χ3n) is 3.67. The van der Waals surface area contributed by atoms with E-state index in [0.29, 0.717) is 6.42 Å². The highest BCUT2D eigenvalue weighted by atomic mass is 79.9. The van der Waals surface area contributed by atoms with Crippen molar-refractivity contribution in [3.63, 3.8) is 0 Å². The molecule has 0 heterocycles. The number of rotatable bonds is 5. The summed E-state index contributed by atoms with van der Waals surface area (Å²) in [6.07, 6.45) is 0.711. The summed E-state index contributed by atoms with van der Waals surface area (Å²) in [5, 5.41) is 9.21. The minimum absolute atomic E-state index is 0.0312. The van der Waals surface area contributed by atoms with Crippen LogP contribution in [0.5, 0.6) is 0 Å². The largest absolute Gasteiger partial charge is 0.481 e. The van der Waals surface area contributed by atoms with Gasteiger partial charge in [0.25, 0.3) is 0 Å². The maximum absolute atomic E-state index is 11.2. The van der Waals surface area contributed by atoms with Crippen LogP contribution in [0, 0.1) is 0 Å². The van der Waals surface area contributed by atoms with Crippen molar-refractivity contribution in [3.05, 3.63) is 34.3 Å². The fourth-order valence-electron chi connectivity index (χ4n) is 2.53. The molecule has 1 unspecified atom stereocenters. The van der Waals surface area contributed by atoms with Crippen LogP contribution in [0.1, 0.15) is 39.2 Å². The molecule has 3 N–H and O–H groups in total. The van der Waals surface area contributed by atoms with E-state index in [1.54, 1.807) is 0 Å². The Morgan fingerprint density at radius 1 is 1.44 bits per heavy atom. The van der Waals surface area contributed by atoms with E-state index in [9.17, 15) is 9.90 Å². The van der Waals surface area contributed by atoms with E-state index < -0.39 is 16.9 Å². The Kier molecular flexibility index (Phi) is 4.56. The summed E-state index contributed by atoms with van der Waals surface area (Å²) in [6.45, 7) is 5.76. The van der Waals surface area contributed by atoms with Crippen molar-refractivity contribution in [1.29, 1.82) is 0 Å². The monoisotopic (exact) mass is 313 g/mol. The van der Waals surface area contributed by atoms with Crippen LogP contribution in [-0.4, -0.2) is 16.6 Å². The van der Waals surface area contributed by atoms with E-state index in [2.05, 4.69) is 15.9 Å². The molecule has 0 saturated heterocycles. The van der Waals surface area contributed by atoms with Crippen LogP contribution in [0.25, 0.3) is 0 Å². The smallest absolute Gasteiger partial charge is 0.304 e. The lowest BCUT2D eigenvalue weighted by Crippen LogP contribution is -2.54. The van der Waals surface area contributed by atoms with Gasteiger partial charge in [0.05, 0.1) is 6.42 Å². The van der Waals surface area contributed by atoms with Gasteiger partial charge >= 0.3 is 5.97 Å². The highest BCUT2D eigenvalue weighted by molar-refractivity contribution is 9.10. The van der Waals surface area contributed by atoms with Crippen LogP contribution < -0.4 is 5.73 Å².